The monoisotopic (exact) mass is 418 g/mol. The van der Waals surface area contributed by atoms with Crippen molar-refractivity contribution in [2.75, 3.05) is 13.2 Å². The van der Waals surface area contributed by atoms with Crippen molar-refractivity contribution in [3.63, 3.8) is 0 Å². The molecular weight excluding hydrogens is 382 g/mol. The van der Waals surface area contributed by atoms with Crippen LogP contribution in [0.15, 0.2) is 30.9 Å². The van der Waals surface area contributed by atoms with Crippen molar-refractivity contribution < 1.29 is 18.3 Å². The van der Waals surface area contributed by atoms with E-state index in [0.29, 0.717) is 17.8 Å². The summed E-state index contributed by atoms with van der Waals surface area (Å²) >= 11 is 0. The summed E-state index contributed by atoms with van der Waals surface area (Å²) < 4.78 is 38.9. The maximum atomic E-state index is 13.6. The summed E-state index contributed by atoms with van der Waals surface area (Å²) in [5.74, 6) is 1.56. The third-order valence-corrected chi connectivity index (χ3v) is 7.83. The Balaban J connectivity index is 1.19. The molecule has 0 spiro atoms. The second-order valence-corrected chi connectivity index (χ2v) is 9.73. The molecule has 3 fully saturated rings. The Morgan fingerprint density at radius 3 is 2.03 bits per heavy atom. The van der Waals surface area contributed by atoms with E-state index in [9.17, 15) is 8.78 Å². The van der Waals surface area contributed by atoms with Crippen molar-refractivity contribution in [3.05, 3.63) is 48.1 Å². The van der Waals surface area contributed by atoms with Crippen LogP contribution < -0.4 is 0 Å². The third kappa shape index (κ3) is 5.31. The highest BCUT2D eigenvalue weighted by atomic mass is 19.2. The predicted octanol–water partition coefficient (Wildman–Crippen LogP) is 7.00. The van der Waals surface area contributed by atoms with Crippen molar-refractivity contribution in [1.29, 1.82) is 0 Å². The first-order valence-electron chi connectivity index (χ1n) is 11.9. The van der Waals surface area contributed by atoms with Crippen molar-refractivity contribution >= 4 is 0 Å². The maximum Gasteiger partial charge on any atom is 0.160 e. The molecule has 2 saturated carbocycles. The maximum absolute atomic E-state index is 13.6. The van der Waals surface area contributed by atoms with Crippen LogP contribution in [0.1, 0.15) is 75.7 Å². The zero-order valence-corrected chi connectivity index (χ0v) is 18.0. The number of hydrogen-bond donors (Lipinski definition) is 0. The van der Waals surface area contributed by atoms with E-state index in [0.717, 1.165) is 56.3 Å². The standard InChI is InChI=1S/C26H36F2O2/c1-2-3-4-18-16-29-26(30-17-18)22-11-9-20(10-12-22)19-5-7-21(8-6-19)23-13-14-24(27)25(28)15-23/h2,13-15,18-22,26H,1,3-12,16-17H2. The summed E-state index contributed by atoms with van der Waals surface area (Å²) in [6, 6.07) is 4.44. The topological polar surface area (TPSA) is 18.5 Å². The zero-order valence-electron chi connectivity index (χ0n) is 18.0. The SMILES string of the molecule is C=CCCC1COC(C2CCC(C3CCC(c4ccc(F)c(F)c4)CC3)CC2)OC1. The first-order valence-corrected chi connectivity index (χ1v) is 11.9. The molecule has 2 nitrogen and oxygen atoms in total. The van der Waals surface area contributed by atoms with Gasteiger partial charge < -0.3 is 9.47 Å². The highest BCUT2D eigenvalue weighted by Gasteiger charge is 2.36. The third-order valence-electron chi connectivity index (χ3n) is 7.83. The van der Waals surface area contributed by atoms with E-state index in [1.54, 1.807) is 6.07 Å². The normalized spacial score (nSPS) is 35.1. The van der Waals surface area contributed by atoms with E-state index in [2.05, 4.69) is 6.58 Å². The quantitative estimate of drug-likeness (QED) is 0.463. The van der Waals surface area contributed by atoms with Gasteiger partial charge in [0.1, 0.15) is 0 Å². The molecule has 166 valence electrons. The molecule has 30 heavy (non-hydrogen) atoms. The lowest BCUT2D eigenvalue weighted by Crippen LogP contribution is -2.39. The molecule has 0 radical (unpaired) electrons. The van der Waals surface area contributed by atoms with Gasteiger partial charge in [-0.25, -0.2) is 8.78 Å². The average Bonchev–Trinajstić information content (AvgIpc) is 2.80. The molecule has 1 heterocycles. The van der Waals surface area contributed by atoms with Crippen LogP contribution in [0.25, 0.3) is 0 Å². The van der Waals surface area contributed by atoms with Crippen LogP contribution in [0.4, 0.5) is 8.78 Å². The van der Waals surface area contributed by atoms with Gasteiger partial charge in [-0.3, -0.25) is 0 Å². The fourth-order valence-corrected chi connectivity index (χ4v) is 5.93. The van der Waals surface area contributed by atoms with Gasteiger partial charge in [0.15, 0.2) is 17.9 Å². The molecule has 1 aromatic rings. The average molecular weight is 419 g/mol. The van der Waals surface area contributed by atoms with E-state index in [1.165, 1.54) is 50.7 Å². The summed E-state index contributed by atoms with van der Waals surface area (Å²) in [5.41, 5.74) is 0.967. The smallest absolute Gasteiger partial charge is 0.160 e. The summed E-state index contributed by atoms with van der Waals surface area (Å²) in [6.45, 7) is 5.45. The number of rotatable bonds is 6. The molecule has 1 saturated heterocycles. The van der Waals surface area contributed by atoms with E-state index in [-0.39, 0.29) is 6.29 Å². The Morgan fingerprint density at radius 2 is 1.43 bits per heavy atom. The number of hydrogen-bond acceptors (Lipinski definition) is 2. The molecule has 0 N–H and O–H groups in total. The van der Waals surface area contributed by atoms with Crippen LogP contribution in [0.3, 0.4) is 0 Å². The number of benzene rings is 1. The molecule has 4 rings (SSSR count). The van der Waals surface area contributed by atoms with Gasteiger partial charge in [0, 0.05) is 11.8 Å². The van der Waals surface area contributed by atoms with Crippen LogP contribution in [0.2, 0.25) is 0 Å². The Hall–Kier alpha value is -1.26. The van der Waals surface area contributed by atoms with Crippen LogP contribution in [0, 0.1) is 35.3 Å². The van der Waals surface area contributed by atoms with Crippen molar-refractivity contribution in [3.8, 4) is 0 Å². The number of allylic oxidation sites excluding steroid dienone is 1. The van der Waals surface area contributed by atoms with Crippen molar-refractivity contribution in [2.45, 2.75) is 76.4 Å². The Labute approximate surface area is 180 Å². The van der Waals surface area contributed by atoms with Gasteiger partial charge >= 0.3 is 0 Å². The van der Waals surface area contributed by atoms with E-state index < -0.39 is 11.6 Å². The summed E-state index contributed by atoms with van der Waals surface area (Å²) in [6.07, 6.45) is 13.7. The second-order valence-electron chi connectivity index (χ2n) is 9.73. The largest absolute Gasteiger partial charge is 0.352 e. The first-order chi connectivity index (χ1) is 14.6. The minimum Gasteiger partial charge on any atom is -0.352 e. The predicted molar refractivity (Wildman–Crippen MR) is 115 cm³/mol. The zero-order chi connectivity index (χ0) is 20.9. The van der Waals surface area contributed by atoms with Crippen molar-refractivity contribution in [2.24, 2.45) is 23.7 Å². The highest BCUT2D eigenvalue weighted by Crippen LogP contribution is 2.45. The second kappa shape index (κ2) is 10.4. The van der Waals surface area contributed by atoms with Gasteiger partial charge in [-0.2, -0.15) is 0 Å². The van der Waals surface area contributed by atoms with Gasteiger partial charge in [0.05, 0.1) is 13.2 Å². The van der Waals surface area contributed by atoms with Gasteiger partial charge in [0.2, 0.25) is 0 Å². The van der Waals surface area contributed by atoms with E-state index >= 15 is 0 Å². The number of ether oxygens (including phenoxy) is 2. The van der Waals surface area contributed by atoms with Crippen LogP contribution >= 0.6 is 0 Å². The fraction of sp³-hybridized carbons (Fsp3) is 0.692. The summed E-state index contributed by atoms with van der Waals surface area (Å²) in [5, 5.41) is 0. The molecule has 2 aliphatic carbocycles. The molecule has 3 aliphatic rings. The molecule has 0 atom stereocenters. The molecule has 0 bridgehead atoms. The molecule has 0 aromatic heterocycles. The molecule has 4 heteroatoms. The lowest BCUT2D eigenvalue weighted by Gasteiger charge is -2.41. The minimum absolute atomic E-state index is 0.00459. The Bertz CT molecular complexity index is 682. The molecular formula is C26H36F2O2. The summed E-state index contributed by atoms with van der Waals surface area (Å²) in [4.78, 5) is 0. The van der Waals surface area contributed by atoms with Crippen LogP contribution in [0.5, 0.6) is 0 Å². The fourth-order valence-electron chi connectivity index (χ4n) is 5.93. The lowest BCUT2D eigenvalue weighted by molar-refractivity contribution is -0.230. The van der Waals surface area contributed by atoms with Gasteiger partial charge in [0.25, 0.3) is 0 Å². The molecule has 0 amide bonds. The summed E-state index contributed by atoms with van der Waals surface area (Å²) in [7, 11) is 0. The van der Waals surface area contributed by atoms with Crippen molar-refractivity contribution in [1.82, 2.24) is 0 Å². The number of halogens is 2. The van der Waals surface area contributed by atoms with E-state index in [4.69, 9.17) is 9.47 Å². The molecule has 0 unspecified atom stereocenters. The van der Waals surface area contributed by atoms with Crippen LogP contribution in [-0.4, -0.2) is 19.5 Å². The van der Waals surface area contributed by atoms with Gasteiger partial charge in [-0.15, -0.1) is 6.58 Å². The lowest BCUT2D eigenvalue weighted by atomic mass is 9.68. The van der Waals surface area contributed by atoms with Gasteiger partial charge in [-0.05, 0) is 99.7 Å². The Morgan fingerprint density at radius 1 is 0.833 bits per heavy atom. The van der Waals surface area contributed by atoms with E-state index in [1.807, 2.05) is 6.08 Å². The minimum atomic E-state index is -0.748. The molecule has 1 aromatic carbocycles. The first kappa shape index (κ1) is 22.0. The Kier molecular flexibility index (Phi) is 7.59. The van der Waals surface area contributed by atoms with Crippen LogP contribution in [-0.2, 0) is 9.47 Å². The molecule has 1 aliphatic heterocycles. The highest BCUT2D eigenvalue weighted by molar-refractivity contribution is 5.22. The van der Waals surface area contributed by atoms with Gasteiger partial charge in [-0.1, -0.05) is 12.1 Å².